The van der Waals surface area contributed by atoms with E-state index < -0.39 is 11.8 Å². The highest BCUT2D eigenvalue weighted by Gasteiger charge is 2.13. The molecule has 1 N–H and O–H groups in total. The summed E-state index contributed by atoms with van der Waals surface area (Å²) < 4.78 is 52.6. The summed E-state index contributed by atoms with van der Waals surface area (Å²) in [7, 11) is 1.92. The number of carboxylic acids is 1. The molecule has 185 valence electrons. The van der Waals surface area contributed by atoms with Crippen molar-refractivity contribution in [1.82, 2.24) is 0 Å². The molecule has 4 rings (SSSR count). The van der Waals surface area contributed by atoms with Crippen molar-refractivity contribution >= 4 is 83.3 Å². The molecular formula is C22H15BBr3F4O5. The number of carbonyl (C=O) groups is 1. The van der Waals surface area contributed by atoms with Crippen LogP contribution in [0.25, 0.3) is 21.9 Å². The third-order valence-electron chi connectivity index (χ3n) is 4.05. The number of fused-ring (bicyclic) bond motifs is 2. The van der Waals surface area contributed by atoms with Crippen molar-refractivity contribution in [2.45, 2.75) is 6.82 Å². The van der Waals surface area contributed by atoms with Crippen LogP contribution in [0, 0.1) is 5.82 Å². The molecule has 0 spiro atoms. The highest BCUT2D eigenvalue weighted by molar-refractivity contribution is 9.11. The average Bonchev–Trinajstić information content (AvgIpc) is 2.84. The molecule has 0 aliphatic carbocycles. The smallest absolute Gasteiger partial charge is 0.351 e. The van der Waals surface area contributed by atoms with Crippen molar-refractivity contribution < 1.29 is 36.9 Å². The van der Waals surface area contributed by atoms with E-state index in [0.717, 1.165) is 8.95 Å². The zero-order valence-corrected chi connectivity index (χ0v) is 22.7. The second-order valence-corrected chi connectivity index (χ2v) is 8.89. The lowest BCUT2D eigenvalue weighted by atomic mass is 10.1. The van der Waals surface area contributed by atoms with Crippen molar-refractivity contribution in [2.75, 3.05) is 7.11 Å². The zero-order chi connectivity index (χ0) is 26.7. The molecule has 0 aliphatic heterocycles. The van der Waals surface area contributed by atoms with Gasteiger partial charge in [-0.15, -0.1) is 0 Å². The Morgan fingerprint density at radius 1 is 1.00 bits per heavy atom. The van der Waals surface area contributed by atoms with Crippen LogP contribution in [-0.4, -0.2) is 25.7 Å². The molecule has 4 aromatic rings. The van der Waals surface area contributed by atoms with E-state index in [9.17, 15) is 18.3 Å². The lowest BCUT2D eigenvalue weighted by Gasteiger charge is -2.05. The van der Waals surface area contributed by atoms with Gasteiger partial charge < -0.3 is 18.6 Å². The van der Waals surface area contributed by atoms with Gasteiger partial charge in [0.15, 0.2) is 11.4 Å². The third-order valence-corrected chi connectivity index (χ3v) is 5.73. The van der Waals surface area contributed by atoms with Crippen molar-refractivity contribution in [3.63, 3.8) is 0 Å². The van der Waals surface area contributed by atoms with E-state index in [4.69, 9.17) is 23.4 Å². The van der Waals surface area contributed by atoms with E-state index in [-0.39, 0.29) is 27.7 Å². The predicted molar refractivity (Wildman–Crippen MR) is 138 cm³/mol. The van der Waals surface area contributed by atoms with E-state index in [2.05, 4.69) is 47.8 Å². The average molecular weight is 686 g/mol. The maximum atomic E-state index is 13.9. The van der Waals surface area contributed by atoms with Gasteiger partial charge in [-0.1, -0.05) is 38.7 Å². The normalized spacial score (nSPS) is 9.63. The Kier molecular flexibility index (Phi) is 13.0. The van der Waals surface area contributed by atoms with Gasteiger partial charge in [0.05, 0.1) is 23.4 Å². The van der Waals surface area contributed by atoms with Crippen LogP contribution < -0.4 is 10.2 Å². The summed E-state index contributed by atoms with van der Waals surface area (Å²) in [6.07, 6.45) is 0. The molecule has 5 nitrogen and oxygen atoms in total. The Morgan fingerprint density at radius 3 is 2.11 bits per heavy atom. The minimum atomic E-state index is -0.932. The first-order valence-corrected chi connectivity index (χ1v) is 11.6. The molecule has 0 amide bonds. The largest absolute Gasteiger partial charge is 0.497 e. The molecule has 0 fully saturated rings. The number of ether oxygens (including phenoxy) is 1. The number of hydrogen-bond acceptors (Lipinski definition) is 4. The maximum absolute atomic E-state index is 13.9. The highest BCUT2D eigenvalue weighted by Crippen LogP contribution is 2.27. The summed E-state index contributed by atoms with van der Waals surface area (Å²) in [6, 6.07) is 12.7. The molecule has 0 saturated carbocycles. The van der Waals surface area contributed by atoms with Gasteiger partial charge >= 0.3 is 13.5 Å². The van der Waals surface area contributed by atoms with Crippen molar-refractivity contribution in [3.05, 3.63) is 83.6 Å². The van der Waals surface area contributed by atoms with Gasteiger partial charge in [-0.05, 0) is 58.4 Å². The van der Waals surface area contributed by atoms with Gasteiger partial charge in [-0.25, -0.2) is 9.18 Å². The molecule has 0 aliphatic rings. The second kappa shape index (κ2) is 14.9. The summed E-state index contributed by atoms with van der Waals surface area (Å²) in [5, 5.41) is 9.21. The third kappa shape index (κ3) is 8.36. The van der Waals surface area contributed by atoms with Crippen LogP contribution in [0.5, 0.6) is 5.75 Å². The maximum Gasteiger partial charge on any atom is 0.351 e. The molecular weight excluding hydrogens is 671 g/mol. The van der Waals surface area contributed by atoms with Crippen LogP contribution in [0.1, 0.15) is 10.4 Å². The van der Waals surface area contributed by atoms with E-state index in [0.29, 0.717) is 23.0 Å². The van der Waals surface area contributed by atoms with Crippen LogP contribution in [0.2, 0.25) is 6.82 Å². The highest BCUT2D eigenvalue weighted by atomic mass is 79.9. The Hall–Kier alpha value is -2.38. The van der Waals surface area contributed by atoms with Gasteiger partial charge in [0.25, 0.3) is 0 Å². The Morgan fingerprint density at radius 2 is 1.57 bits per heavy atom. The van der Waals surface area contributed by atoms with Crippen LogP contribution in [-0.2, 0) is 0 Å². The Labute approximate surface area is 222 Å². The number of hydrogen-bond donors (Lipinski definition) is 1. The number of benzene rings is 3. The fourth-order valence-corrected chi connectivity index (χ4v) is 3.78. The molecule has 35 heavy (non-hydrogen) atoms. The van der Waals surface area contributed by atoms with E-state index in [1.165, 1.54) is 26.1 Å². The van der Waals surface area contributed by atoms with Gasteiger partial charge in [-0.2, -0.15) is 0 Å². The van der Waals surface area contributed by atoms with Gasteiger partial charge in [0.2, 0.25) is 5.43 Å². The number of rotatable bonds is 2. The lowest BCUT2D eigenvalue weighted by Crippen LogP contribution is -2.03. The molecule has 1 radical (unpaired) electrons. The van der Waals surface area contributed by atoms with Gasteiger partial charge in [0, 0.05) is 28.6 Å². The fourth-order valence-electron chi connectivity index (χ4n) is 2.64. The minimum absolute atomic E-state index is 0.0550. The summed E-state index contributed by atoms with van der Waals surface area (Å²) in [4.78, 5) is 22.9. The zero-order valence-electron chi connectivity index (χ0n) is 17.9. The molecule has 1 aromatic heterocycles. The first kappa shape index (κ1) is 30.7. The summed E-state index contributed by atoms with van der Waals surface area (Å²) in [6.45, 7) is 1.33. The second-order valence-electron chi connectivity index (χ2n) is 6.21. The first-order valence-electron chi connectivity index (χ1n) is 9.23. The quantitative estimate of drug-likeness (QED) is 0.131. The molecule has 0 bridgehead atoms. The van der Waals surface area contributed by atoms with E-state index >= 15 is 0 Å². The molecule has 0 saturated heterocycles. The number of halogens is 7. The number of carboxylic acid groups (broad SMARTS) is 1. The lowest BCUT2D eigenvalue weighted by molar-refractivity contribution is 0.0695. The number of methoxy groups -OCH3 is 1. The first-order chi connectivity index (χ1) is 16.6. The summed E-state index contributed by atoms with van der Waals surface area (Å²) in [5.41, 5.74) is 0.278. The Bertz CT molecular complexity index is 1370. The number of aromatic carboxylic acids is 1. The standard InChI is InChI=1S/C14H8BrFO3.C7H4Br2O2.CH3BF.F2/c1-18-8-5-10-13(17)9-4-7(15)2-3-12(9)19-14(10)11(16)6-8;8-4-1-2-6(9)5(3-4)7(10)11;1-2-3;1-2/h2-6H,1H3;1-3H,(H,10,11);1H3;. The summed E-state index contributed by atoms with van der Waals surface area (Å²) >= 11 is 9.60. The van der Waals surface area contributed by atoms with Crippen LogP contribution in [0.4, 0.5) is 17.9 Å². The fraction of sp³-hybridized carbons (Fsp3) is 0.0909. The van der Waals surface area contributed by atoms with Crippen molar-refractivity contribution in [1.29, 1.82) is 0 Å². The van der Waals surface area contributed by atoms with E-state index in [1.54, 1.807) is 36.4 Å². The predicted octanol–water partition coefficient (Wildman–Crippen LogP) is 8.23. The molecule has 0 atom stereocenters. The molecule has 13 heteroatoms. The van der Waals surface area contributed by atoms with E-state index in [1.807, 2.05) is 0 Å². The monoisotopic (exact) mass is 683 g/mol. The van der Waals surface area contributed by atoms with Crippen LogP contribution >= 0.6 is 47.8 Å². The topological polar surface area (TPSA) is 76.7 Å². The Balaban J connectivity index is 0.000000326. The molecule has 1 heterocycles. The minimum Gasteiger partial charge on any atom is -0.497 e. The van der Waals surface area contributed by atoms with Crippen LogP contribution in [0.3, 0.4) is 0 Å². The van der Waals surface area contributed by atoms with Gasteiger partial charge in [0.1, 0.15) is 11.3 Å². The van der Waals surface area contributed by atoms with Gasteiger partial charge in [-0.3, -0.25) is 4.79 Å². The van der Waals surface area contributed by atoms with Crippen molar-refractivity contribution in [2.24, 2.45) is 0 Å². The van der Waals surface area contributed by atoms with Crippen LogP contribution in [0.15, 0.2) is 71.2 Å². The SMILES string of the molecule is COc1cc(F)c2oc3ccc(Br)cc3c(=O)c2c1.C[B]F.FF.O=C(O)c1cc(Br)ccc1Br. The molecule has 0 unspecified atom stereocenters. The summed E-state index contributed by atoms with van der Waals surface area (Å²) in [5.74, 6) is -1.26. The van der Waals surface area contributed by atoms with Crippen molar-refractivity contribution in [3.8, 4) is 5.75 Å². The molecule has 3 aromatic carbocycles.